The lowest BCUT2D eigenvalue weighted by Crippen LogP contribution is -2.33. The van der Waals surface area contributed by atoms with Crippen LogP contribution >= 0.6 is 0 Å². The lowest BCUT2D eigenvalue weighted by Gasteiger charge is -2.15. The molecule has 0 saturated heterocycles. The number of hydrogen-bond donors (Lipinski definition) is 2. The van der Waals surface area contributed by atoms with E-state index in [1.54, 1.807) is 12.1 Å². The number of rotatable bonds is 8. The van der Waals surface area contributed by atoms with E-state index in [9.17, 15) is 14.4 Å². The Morgan fingerprint density at radius 1 is 1.03 bits per heavy atom. The zero-order valence-corrected chi connectivity index (χ0v) is 16.9. The second-order valence-electron chi connectivity index (χ2n) is 6.61. The van der Waals surface area contributed by atoms with Gasteiger partial charge < -0.3 is 15.4 Å². The van der Waals surface area contributed by atoms with Crippen molar-refractivity contribution in [3.8, 4) is 0 Å². The van der Waals surface area contributed by atoms with Crippen LogP contribution in [0.25, 0.3) is 6.08 Å². The summed E-state index contributed by atoms with van der Waals surface area (Å²) in [7, 11) is 0. The minimum atomic E-state index is -0.779. The molecule has 0 unspecified atom stereocenters. The van der Waals surface area contributed by atoms with Crippen molar-refractivity contribution in [2.45, 2.75) is 33.2 Å². The molecular formula is C23H26N2O4. The van der Waals surface area contributed by atoms with E-state index in [1.807, 2.05) is 49.4 Å². The Balaban J connectivity index is 1.94. The first-order valence-electron chi connectivity index (χ1n) is 9.48. The van der Waals surface area contributed by atoms with E-state index in [1.165, 1.54) is 18.6 Å². The van der Waals surface area contributed by atoms with Gasteiger partial charge in [-0.3, -0.25) is 9.59 Å². The highest BCUT2D eigenvalue weighted by atomic mass is 16.5. The Kier molecular flexibility index (Phi) is 8.15. The highest BCUT2D eigenvalue weighted by molar-refractivity contribution is 5.98. The standard InChI is InChI=1S/C23H26N2O4/c1-4-18-10-12-20(13-11-18)16(2)24-22(27)15-29-23(28)21(25-17(3)26)14-19-8-6-5-7-9-19/h5-14,16H,4,15H2,1-3H3,(H,24,27)(H,25,26)/b21-14-/t16-/m1/s1. The fraction of sp³-hybridized carbons (Fsp3) is 0.261. The summed E-state index contributed by atoms with van der Waals surface area (Å²) in [4.78, 5) is 35.9. The molecule has 2 aromatic rings. The first-order chi connectivity index (χ1) is 13.9. The predicted octanol–water partition coefficient (Wildman–Crippen LogP) is 3.15. The fourth-order valence-corrected chi connectivity index (χ4v) is 2.67. The average molecular weight is 394 g/mol. The molecule has 0 heterocycles. The Bertz CT molecular complexity index is 874. The SMILES string of the molecule is CCc1ccc([C@@H](C)NC(=O)COC(=O)/C(=C/c2ccccc2)NC(C)=O)cc1. The van der Waals surface area contributed by atoms with E-state index in [4.69, 9.17) is 4.74 Å². The van der Waals surface area contributed by atoms with Crippen LogP contribution in [0.4, 0.5) is 0 Å². The molecule has 0 spiro atoms. The number of nitrogens with one attached hydrogen (secondary N) is 2. The van der Waals surface area contributed by atoms with Crippen molar-refractivity contribution in [3.05, 3.63) is 77.0 Å². The topological polar surface area (TPSA) is 84.5 Å². The number of ether oxygens (including phenoxy) is 1. The van der Waals surface area contributed by atoms with Crippen molar-refractivity contribution >= 4 is 23.9 Å². The highest BCUT2D eigenvalue weighted by Gasteiger charge is 2.16. The smallest absolute Gasteiger partial charge is 0.355 e. The fourth-order valence-electron chi connectivity index (χ4n) is 2.67. The minimum Gasteiger partial charge on any atom is -0.451 e. The third kappa shape index (κ3) is 7.25. The molecule has 2 rings (SSSR count). The molecule has 2 N–H and O–H groups in total. The number of hydrogen-bond acceptors (Lipinski definition) is 4. The Labute approximate surface area is 171 Å². The van der Waals surface area contributed by atoms with Gasteiger partial charge in [-0.25, -0.2) is 4.79 Å². The zero-order chi connectivity index (χ0) is 21.2. The van der Waals surface area contributed by atoms with Gasteiger partial charge in [-0.2, -0.15) is 0 Å². The summed E-state index contributed by atoms with van der Waals surface area (Å²) in [5, 5.41) is 5.24. The van der Waals surface area contributed by atoms with E-state index in [0.29, 0.717) is 0 Å². The van der Waals surface area contributed by atoms with Gasteiger partial charge in [-0.05, 0) is 36.1 Å². The number of carbonyl (C=O) groups excluding carboxylic acids is 3. The van der Waals surface area contributed by atoms with Crippen LogP contribution in [-0.4, -0.2) is 24.4 Å². The maximum atomic E-state index is 12.3. The number of carbonyl (C=O) groups is 3. The molecule has 0 aliphatic rings. The summed E-state index contributed by atoms with van der Waals surface area (Å²) in [6.45, 7) is 4.79. The van der Waals surface area contributed by atoms with Crippen molar-refractivity contribution < 1.29 is 19.1 Å². The van der Waals surface area contributed by atoms with Crippen molar-refractivity contribution in [3.63, 3.8) is 0 Å². The molecule has 0 bridgehead atoms. The van der Waals surface area contributed by atoms with Gasteiger partial charge in [0.05, 0.1) is 6.04 Å². The molecule has 6 nitrogen and oxygen atoms in total. The lowest BCUT2D eigenvalue weighted by atomic mass is 10.1. The summed E-state index contributed by atoms with van der Waals surface area (Å²) >= 11 is 0. The quantitative estimate of drug-likeness (QED) is 0.532. The van der Waals surface area contributed by atoms with Crippen LogP contribution < -0.4 is 10.6 Å². The number of esters is 1. The molecular weight excluding hydrogens is 368 g/mol. The van der Waals surface area contributed by atoms with Gasteiger partial charge in [-0.15, -0.1) is 0 Å². The molecule has 0 aliphatic carbocycles. The van der Waals surface area contributed by atoms with Gasteiger partial charge in [0.25, 0.3) is 5.91 Å². The normalized spacial score (nSPS) is 12.0. The van der Waals surface area contributed by atoms with Crippen LogP contribution in [0.2, 0.25) is 0 Å². The Morgan fingerprint density at radius 2 is 1.69 bits per heavy atom. The number of benzene rings is 2. The number of amides is 2. The van der Waals surface area contributed by atoms with E-state index in [2.05, 4.69) is 17.6 Å². The molecule has 29 heavy (non-hydrogen) atoms. The van der Waals surface area contributed by atoms with Gasteiger partial charge in [0.15, 0.2) is 6.61 Å². The van der Waals surface area contributed by atoms with Crippen LogP contribution in [0, 0.1) is 0 Å². The monoisotopic (exact) mass is 394 g/mol. The minimum absolute atomic E-state index is 0.0281. The van der Waals surface area contributed by atoms with Crippen molar-refractivity contribution in [2.24, 2.45) is 0 Å². The largest absolute Gasteiger partial charge is 0.451 e. The molecule has 152 valence electrons. The summed E-state index contributed by atoms with van der Waals surface area (Å²) in [6.07, 6.45) is 2.45. The molecule has 1 atom stereocenters. The summed E-state index contributed by atoms with van der Waals surface area (Å²) in [6, 6.07) is 16.8. The summed E-state index contributed by atoms with van der Waals surface area (Å²) in [5.74, 6) is -1.61. The van der Waals surface area contributed by atoms with Gasteiger partial charge >= 0.3 is 5.97 Å². The molecule has 2 amide bonds. The third-order valence-corrected chi connectivity index (χ3v) is 4.24. The van der Waals surface area contributed by atoms with Crippen molar-refractivity contribution in [1.29, 1.82) is 0 Å². The Hall–Kier alpha value is -3.41. The van der Waals surface area contributed by atoms with E-state index in [-0.39, 0.29) is 11.7 Å². The number of aryl methyl sites for hydroxylation is 1. The molecule has 0 aliphatic heterocycles. The second kappa shape index (κ2) is 10.8. The zero-order valence-electron chi connectivity index (χ0n) is 16.9. The predicted molar refractivity (Wildman–Crippen MR) is 112 cm³/mol. The van der Waals surface area contributed by atoms with Crippen LogP contribution in [0.1, 0.15) is 43.5 Å². The summed E-state index contributed by atoms with van der Waals surface area (Å²) < 4.78 is 5.08. The highest BCUT2D eigenvalue weighted by Crippen LogP contribution is 2.13. The van der Waals surface area contributed by atoms with Crippen molar-refractivity contribution in [2.75, 3.05) is 6.61 Å². The molecule has 6 heteroatoms. The van der Waals surface area contributed by atoms with E-state index in [0.717, 1.165) is 17.5 Å². The first kappa shape index (κ1) is 21.9. The van der Waals surface area contributed by atoms with Gasteiger partial charge in [0.1, 0.15) is 5.70 Å². The Morgan fingerprint density at radius 3 is 2.28 bits per heavy atom. The van der Waals surface area contributed by atoms with Crippen LogP contribution in [-0.2, 0) is 25.5 Å². The first-order valence-corrected chi connectivity index (χ1v) is 9.48. The van der Waals surface area contributed by atoms with Gasteiger partial charge in [0.2, 0.25) is 5.91 Å². The maximum absolute atomic E-state index is 12.3. The lowest BCUT2D eigenvalue weighted by molar-refractivity contribution is -0.145. The van der Waals surface area contributed by atoms with Gasteiger partial charge in [-0.1, -0.05) is 61.5 Å². The second-order valence-corrected chi connectivity index (χ2v) is 6.61. The van der Waals surface area contributed by atoms with E-state index < -0.39 is 24.4 Å². The molecule has 0 saturated carbocycles. The maximum Gasteiger partial charge on any atom is 0.355 e. The molecule has 2 aromatic carbocycles. The third-order valence-electron chi connectivity index (χ3n) is 4.24. The van der Waals surface area contributed by atoms with Crippen LogP contribution in [0.3, 0.4) is 0 Å². The van der Waals surface area contributed by atoms with Gasteiger partial charge in [0, 0.05) is 6.92 Å². The average Bonchev–Trinajstić information content (AvgIpc) is 2.72. The molecule has 0 fully saturated rings. The summed E-state index contributed by atoms with van der Waals surface area (Å²) in [5.41, 5.74) is 2.88. The van der Waals surface area contributed by atoms with Crippen LogP contribution in [0.5, 0.6) is 0 Å². The van der Waals surface area contributed by atoms with Crippen molar-refractivity contribution in [1.82, 2.24) is 10.6 Å². The molecule has 0 aromatic heterocycles. The van der Waals surface area contributed by atoms with Crippen LogP contribution in [0.15, 0.2) is 60.3 Å². The van der Waals surface area contributed by atoms with E-state index >= 15 is 0 Å². The molecule has 0 radical (unpaired) electrons.